The van der Waals surface area contributed by atoms with E-state index in [1.54, 1.807) is 19.2 Å². The highest BCUT2D eigenvalue weighted by molar-refractivity contribution is 6.33. The van der Waals surface area contributed by atoms with Gasteiger partial charge < -0.3 is 21.5 Å². The summed E-state index contributed by atoms with van der Waals surface area (Å²) in [7, 11) is 2.82. The smallest absolute Gasteiger partial charge is 0.397 e. The second-order valence-corrected chi connectivity index (χ2v) is 4.65. The summed E-state index contributed by atoms with van der Waals surface area (Å²) in [6.07, 6.45) is -2.42. The molecule has 0 spiro atoms. The topological polar surface area (TPSA) is 91.2 Å². The minimum absolute atomic E-state index is 0.208. The van der Waals surface area contributed by atoms with E-state index < -0.39 is 11.9 Å². The Hall–Kier alpha value is -2.42. The van der Waals surface area contributed by atoms with E-state index in [2.05, 4.69) is 5.32 Å². The van der Waals surface area contributed by atoms with E-state index in [1.807, 2.05) is 0 Å². The molecule has 0 heterocycles. The quantitative estimate of drug-likeness (QED) is 0.285. The van der Waals surface area contributed by atoms with Crippen LogP contribution in [0.1, 0.15) is 5.56 Å². The highest BCUT2D eigenvalue weighted by Crippen LogP contribution is 2.28. The predicted molar refractivity (Wildman–Crippen MR) is 84.6 cm³/mol. The summed E-state index contributed by atoms with van der Waals surface area (Å²) in [6, 6.07) is 6.09. The predicted octanol–water partition coefficient (Wildman–Crippen LogP) is 1.22. The zero-order valence-corrected chi connectivity index (χ0v) is 12.2. The maximum atomic E-state index is 12.9. The van der Waals surface area contributed by atoms with Gasteiger partial charge in [-0.05, 0) is 23.2 Å². The molecule has 1 aromatic rings. The molecule has 0 saturated carbocycles. The molecular weight excluding hydrogens is 294 g/mol. The SMILES string of the molecule is B/C(C=N)=C(/Nc1ccc(/C(N)=C/N(C)N)cc1)C(F)(F)F. The molecule has 22 heavy (non-hydrogen) atoms. The lowest BCUT2D eigenvalue weighted by Crippen LogP contribution is -2.22. The first-order valence-electron chi connectivity index (χ1n) is 6.26. The van der Waals surface area contributed by atoms with Gasteiger partial charge in [0.1, 0.15) is 13.5 Å². The highest BCUT2D eigenvalue weighted by Gasteiger charge is 2.35. The van der Waals surface area contributed by atoms with Gasteiger partial charge in [-0.15, -0.1) is 0 Å². The van der Waals surface area contributed by atoms with Gasteiger partial charge in [-0.1, -0.05) is 12.1 Å². The lowest BCUT2D eigenvalue weighted by atomic mass is 9.94. The Balaban J connectivity index is 3.03. The Bertz CT molecular complexity index is 591. The molecule has 0 saturated heterocycles. The maximum absolute atomic E-state index is 12.9. The van der Waals surface area contributed by atoms with Gasteiger partial charge in [-0.2, -0.15) is 13.2 Å². The number of allylic oxidation sites excluding steroid dienone is 2. The van der Waals surface area contributed by atoms with Crippen molar-refractivity contribution in [1.29, 1.82) is 5.41 Å². The van der Waals surface area contributed by atoms with Crippen LogP contribution in [0.4, 0.5) is 18.9 Å². The third kappa shape index (κ3) is 4.85. The molecule has 6 N–H and O–H groups in total. The van der Waals surface area contributed by atoms with Crippen LogP contribution in [0.25, 0.3) is 5.70 Å². The summed E-state index contributed by atoms with van der Waals surface area (Å²) < 4.78 is 38.8. The van der Waals surface area contributed by atoms with Crippen molar-refractivity contribution in [2.24, 2.45) is 11.6 Å². The summed E-state index contributed by atoms with van der Waals surface area (Å²) in [5, 5.41) is 10.5. The number of benzene rings is 1. The Morgan fingerprint density at radius 2 is 1.86 bits per heavy atom. The number of halogens is 3. The molecule has 1 rings (SSSR count). The fourth-order valence-electron chi connectivity index (χ4n) is 1.65. The van der Waals surface area contributed by atoms with Crippen LogP contribution in [0, 0.1) is 5.41 Å². The summed E-state index contributed by atoms with van der Waals surface area (Å²) in [5.41, 5.74) is 5.87. The molecule has 0 atom stereocenters. The van der Waals surface area contributed by atoms with E-state index >= 15 is 0 Å². The number of hydrogen-bond acceptors (Lipinski definition) is 5. The number of nitrogens with zero attached hydrogens (tertiary/aromatic N) is 1. The molecule has 0 aliphatic rings. The second-order valence-electron chi connectivity index (χ2n) is 4.65. The lowest BCUT2D eigenvalue weighted by molar-refractivity contribution is -0.0903. The van der Waals surface area contributed by atoms with Crippen LogP contribution < -0.4 is 16.9 Å². The Morgan fingerprint density at radius 3 is 2.27 bits per heavy atom. The first-order valence-corrected chi connectivity index (χ1v) is 6.26. The third-order valence-electron chi connectivity index (χ3n) is 2.72. The van der Waals surface area contributed by atoms with Crippen molar-refractivity contribution < 1.29 is 13.2 Å². The normalized spacial score (nSPS) is 13.4. The van der Waals surface area contributed by atoms with Gasteiger partial charge in [0.05, 0.1) is 5.70 Å². The van der Waals surface area contributed by atoms with Crippen molar-refractivity contribution in [3.05, 3.63) is 47.2 Å². The first kappa shape index (κ1) is 17.6. The molecule has 118 valence electrons. The van der Waals surface area contributed by atoms with E-state index in [0.29, 0.717) is 17.5 Å². The average Bonchev–Trinajstić information content (AvgIpc) is 2.42. The van der Waals surface area contributed by atoms with Crippen LogP contribution in [0.15, 0.2) is 41.6 Å². The first-order chi connectivity index (χ1) is 10.1. The number of hydrogen-bond donors (Lipinski definition) is 4. The Labute approximate surface area is 127 Å². The monoisotopic (exact) mass is 311 g/mol. The summed E-state index contributed by atoms with van der Waals surface area (Å²) in [5.74, 6) is 5.44. The van der Waals surface area contributed by atoms with E-state index in [1.165, 1.54) is 31.2 Å². The maximum Gasteiger partial charge on any atom is 0.430 e. The number of rotatable bonds is 5. The minimum atomic E-state index is -4.57. The molecule has 5 nitrogen and oxygen atoms in total. The Kier molecular flexibility index (Phi) is 5.64. The summed E-state index contributed by atoms with van der Waals surface area (Å²) in [6.45, 7) is 0. The third-order valence-corrected chi connectivity index (χ3v) is 2.72. The fraction of sp³-hybridized carbons (Fsp3) is 0.154. The molecule has 1 aromatic carbocycles. The van der Waals surface area contributed by atoms with Gasteiger partial charge in [-0.3, -0.25) is 0 Å². The molecule has 0 aromatic heterocycles. The molecule has 0 bridgehead atoms. The average molecular weight is 311 g/mol. The van der Waals surface area contributed by atoms with E-state index in [0.717, 1.165) is 0 Å². The van der Waals surface area contributed by atoms with Crippen molar-refractivity contribution in [2.75, 3.05) is 12.4 Å². The molecule has 0 amide bonds. The molecule has 0 fully saturated rings. The largest absolute Gasteiger partial charge is 0.430 e. The fourth-order valence-corrected chi connectivity index (χ4v) is 1.65. The molecule has 0 unspecified atom stereocenters. The van der Waals surface area contributed by atoms with E-state index in [-0.39, 0.29) is 11.2 Å². The van der Waals surface area contributed by atoms with Crippen molar-refractivity contribution >= 4 is 25.4 Å². The van der Waals surface area contributed by atoms with Crippen molar-refractivity contribution in [2.45, 2.75) is 6.18 Å². The van der Waals surface area contributed by atoms with Crippen LogP contribution >= 0.6 is 0 Å². The van der Waals surface area contributed by atoms with Crippen LogP contribution in [-0.4, -0.2) is 32.3 Å². The van der Waals surface area contributed by atoms with Gasteiger partial charge in [0.2, 0.25) is 0 Å². The van der Waals surface area contributed by atoms with E-state index in [4.69, 9.17) is 17.0 Å². The van der Waals surface area contributed by atoms with Crippen LogP contribution in [0.2, 0.25) is 0 Å². The van der Waals surface area contributed by atoms with Crippen molar-refractivity contribution in [3.8, 4) is 0 Å². The van der Waals surface area contributed by atoms with Gasteiger partial charge in [0.25, 0.3) is 0 Å². The highest BCUT2D eigenvalue weighted by atomic mass is 19.4. The molecule has 9 heteroatoms. The number of nitrogens with one attached hydrogen (secondary N) is 2. The number of nitrogens with two attached hydrogens (primary N) is 2. The number of alkyl halides is 3. The lowest BCUT2D eigenvalue weighted by Gasteiger charge is -2.16. The van der Waals surface area contributed by atoms with E-state index in [9.17, 15) is 13.2 Å². The molecule has 0 radical (unpaired) electrons. The minimum Gasteiger partial charge on any atom is -0.397 e. The van der Waals surface area contributed by atoms with Crippen molar-refractivity contribution in [3.63, 3.8) is 0 Å². The molecular formula is C13H17BF3N5. The Morgan fingerprint density at radius 1 is 1.32 bits per heavy atom. The van der Waals surface area contributed by atoms with Crippen LogP contribution in [0.5, 0.6) is 0 Å². The van der Waals surface area contributed by atoms with Crippen molar-refractivity contribution in [1.82, 2.24) is 5.01 Å². The standard InChI is InChI=1S/C13H17BF3N5/c1-22(20)7-11(19)8-2-4-9(5-3-8)21-12(10(14)6-18)13(15,16)17/h2-7,18,21H,14,19-20H2,1H3/b11-7-,12-10+,18-6?. The number of anilines is 1. The zero-order chi connectivity index (χ0) is 16.9. The second kappa shape index (κ2) is 7.03. The van der Waals surface area contributed by atoms with Gasteiger partial charge in [0, 0.05) is 25.1 Å². The van der Waals surface area contributed by atoms with Gasteiger partial charge in [0.15, 0.2) is 0 Å². The zero-order valence-electron chi connectivity index (χ0n) is 12.2. The van der Waals surface area contributed by atoms with Crippen LogP contribution in [0.3, 0.4) is 0 Å². The molecule has 0 aliphatic carbocycles. The van der Waals surface area contributed by atoms with Gasteiger partial charge >= 0.3 is 6.18 Å². The van der Waals surface area contributed by atoms with Gasteiger partial charge in [-0.25, -0.2) is 5.84 Å². The summed E-state index contributed by atoms with van der Waals surface area (Å²) in [4.78, 5) is 0. The number of hydrazine groups is 1. The van der Waals surface area contributed by atoms with Crippen LogP contribution in [-0.2, 0) is 0 Å². The summed E-state index contributed by atoms with van der Waals surface area (Å²) >= 11 is 0. The molecule has 0 aliphatic heterocycles.